The summed E-state index contributed by atoms with van der Waals surface area (Å²) in [6.07, 6.45) is 10.9. The molecule has 0 aromatic heterocycles. The van der Waals surface area contributed by atoms with Crippen LogP contribution in [0.3, 0.4) is 0 Å². The van der Waals surface area contributed by atoms with Crippen LogP contribution < -0.4 is 0 Å². The van der Waals surface area contributed by atoms with Crippen molar-refractivity contribution in [3.63, 3.8) is 0 Å². The van der Waals surface area contributed by atoms with E-state index >= 15 is 0 Å². The van der Waals surface area contributed by atoms with Crippen LogP contribution in [0.4, 0.5) is 0 Å². The second kappa shape index (κ2) is 9.29. The van der Waals surface area contributed by atoms with Gasteiger partial charge in [0.15, 0.2) is 16.6 Å². The maximum Gasteiger partial charge on any atom is 0.184 e. The molecule has 0 radical (unpaired) electrons. The molecule has 4 rings (SSSR count). The molecule has 3 unspecified atom stereocenters. The quantitative estimate of drug-likeness (QED) is 0.273. The summed E-state index contributed by atoms with van der Waals surface area (Å²) in [7, 11) is -1.54. The highest BCUT2D eigenvalue weighted by molar-refractivity contribution is 6.70. The molecule has 9 atom stereocenters. The summed E-state index contributed by atoms with van der Waals surface area (Å²) in [6, 6.07) is 0. The summed E-state index contributed by atoms with van der Waals surface area (Å²) in [5, 5.41) is 4.39. The first-order valence-corrected chi connectivity index (χ1v) is 20.9. The molecule has 4 aliphatic carbocycles. The van der Waals surface area contributed by atoms with Crippen LogP contribution in [0.5, 0.6) is 0 Å². The number of rotatable bonds is 6. The van der Waals surface area contributed by atoms with Crippen LogP contribution in [-0.2, 0) is 13.7 Å². The summed E-state index contributed by atoms with van der Waals surface area (Å²) >= 11 is 0. The molecule has 4 fully saturated rings. The Labute approximate surface area is 212 Å². The van der Waals surface area contributed by atoms with Gasteiger partial charge in [-0.1, -0.05) is 19.0 Å². The van der Waals surface area contributed by atoms with Crippen molar-refractivity contribution in [2.24, 2.45) is 45.6 Å². The first-order valence-electron chi connectivity index (χ1n) is 14.1. The van der Waals surface area contributed by atoms with E-state index in [0.29, 0.717) is 34.9 Å². The van der Waals surface area contributed by atoms with E-state index in [9.17, 15) is 0 Å². The van der Waals surface area contributed by atoms with Gasteiger partial charge >= 0.3 is 0 Å². The predicted octanol–water partition coefficient (Wildman–Crippen LogP) is 7.72. The molecule has 0 bridgehead atoms. The molecule has 4 aliphatic rings. The van der Waals surface area contributed by atoms with Crippen molar-refractivity contribution in [3.8, 4) is 0 Å². The highest BCUT2D eigenvalue weighted by atomic mass is 28.4. The largest absolute Gasteiger partial charge is 0.415 e. The maximum atomic E-state index is 7.19. The van der Waals surface area contributed by atoms with Crippen LogP contribution in [0.1, 0.15) is 72.1 Å². The van der Waals surface area contributed by atoms with Gasteiger partial charge in [-0.3, -0.25) is 0 Å². The van der Waals surface area contributed by atoms with E-state index in [1.807, 2.05) is 0 Å². The van der Waals surface area contributed by atoms with Gasteiger partial charge in [-0.15, -0.1) is 0 Å². The van der Waals surface area contributed by atoms with E-state index in [1.54, 1.807) is 7.11 Å². The second-order valence-corrected chi connectivity index (χ2v) is 23.6. The van der Waals surface area contributed by atoms with Crippen molar-refractivity contribution in [3.05, 3.63) is 0 Å². The molecular weight excluding hydrogens is 454 g/mol. The number of nitrogens with zero attached hydrogens (tertiary/aromatic N) is 1. The van der Waals surface area contributed by atoms with Gasteiger partial charge in [-0.25, -0.2) is 0 Å². The zero-order chi connectivity index (χ0) is 25.1. The molecule has 4 saturated carbocycles. The Morgan fingerprint density at radius 2 is 1.65 bits per heavy atom. The number of hydrogen-bond donors (Lipinski definition) is 0. The van der Waals surface area contributed by atoms with Crippen molar-refractivity contribution >= 4 is 22.3 Å². The molecule has 196 valence electrons. The SMILES string of the molecule is CON=C1CC[C@]2(C)C3C(CC[C@H]2C1)C1CC[C@H]([C@H](C)O[Si](C)(C)C)[C@@]1(C)C[C@@H]3O[Si](C)(C)C. The molecule has 0 heterocycles. The zero-order valence-electron chi connectivity index (χ0n) is 23.9. The lowest BCUT2D eigenvalue weighted by molar-refractivity contribution is -0.162. The fourth-order valence-electron chi connectivity index (χ4n) is 9.37. The van der Waals surface area contributed by atoms with Crippen molar-refractivity contribution in [2.45, 2.75) is 124 Å². The van der Waals surface area contributed by atoms with E-state index in [4.69, 9.17) is 13.7 Å². The normalized spacial score (nSPS) is 44.8. The Morgan fingerprint density at radius 1 is 0.941 bits per heavy atom. The number of oxime groups is 1. The molecular formula is C28H53NO3Si2. The highest BCUT2D eigenvalue weighted by Crippen LogP contribution is 2.68. The molecule has 0 saturated heterocycles. The summed E-state index contributed by atoms with van der Waals surface area (Å²) in [5.41, 5.74) is 1.98. The minimum absolute atomic E-state index is 0.338. The van der Waals surface area contributed by atoms with E-state index in [2.05, 4.69) is 65.2 Å². The molecule has 4 nitrogen and oxygen atoms in total. The Bertz CT molecular complexity index is 775. The Kier molecular flexibility index (Phi) is 7.34. The van der Waals surface area contributed by atoms with Crippen LogP contribution >= 0.6 is 0 Å². The standard InChI is InChI=1S/C28H53NO3Si2/c1-19(31-33(5,6)7)23-13-14-24-22-12-11-20-17-21(29-30-4)15-16-27(20,2)26(22)25(18-28(23,24)3)32-34(8,9)10/h19-20,22-26H,11-18H2,1-10H3/t19-,20-,22?,23+,24?,25-,26?,27-,28+/m0/s1. The van der Waals surface area contributed by atoms with E-state index < -0.39 is 16.6 Å². The predicted molar refractivity (Wildman–Crippen MR) is 147 cm³/mol. The fourth-order valence-corrected chi connectivity index (χ4v) is 11.8. The van der Waals surface area contributed by atoms with Gasteiger partial charge in [-0.05, 0) is 138 Å². The molecule has 0 amide bonds. The van der Waals surface area contributed by atoms with Crippen molar-refractivity contribution in [1.29, 1.82) is 0 Å². The molecule has 0 spiro atoms. The fraction of sp³-hybridized carbons (Fsp3) is 0.964. The summed E-state index contributed by atoms with van der Waals surface area (Å²) in [4.78, 5) is 5.19. The van der Waals surface area contributed by atoms with Gasteiger partial charge in [0, 0.05) is 12.2 Å². The van der Waals surface area contributed by atoms with Crippen molar-refractivity contribution in [1.82, 2.24) is 0 Å². The Hall–Kier alpha value is -0.176. The van der Waals surface area contributed by atoms with Crippen molar-refractivity contribution < 1.29 is 13.7 Å². The third-order valence-corrected chi connectivity index (χ3v) is 12.4. The van der Waals surface area contributed by atoms with Gasteiger partial charge in [0.2, 0.25) is 0 Å². The Balaban J connectivity index is 1.67. The van der Waals surface area contributed by atoms with E-state index in [-0.39, 0.29) is 0 Å². The lowest BCUT2D eigenvalue weighted by atomic mass is 9.44. The summed E-state index contributed by atoms with van der Waals surface area (Å²) < 4.78 is 13.9. The van der Waals surface area contributed by atoms with Gasteiger partial charge in [-0.2, -0.15) is 0 Å². The monoisotopic (exact) mass is 507 g/mol. The van der Waals surface area contributed by atoms with Crippen LogP contribution in [0, 0.1) is 40.4 Å². The minimum atomic E-state index is -1.67. The number of fused-ring (bicyclic) bond motifs is 5. The number of hydrogen-bond acceptors (Lipinski definition) is 4. The smallest absolute Gasteiger partial charge is 0.184 e. The summed E-state index contributed by atoms with van der Waals surface area (Å²) in [6.45, 7) is 21.9. The second-order valence-electron chi connectivity index (χ2n) is 14.7. The van der Waals surface area contributed by atoms with Gasteiger partial charge < -0.3 is 13.7 Å². The Morgan fingerprint density at radius 3 is 2.26 bits per heavy atom. The molecule has 34 heavy (non-hydrogen) atoms. The lowest BCUT2D eigenvalue weighted by Gasteiger charge is -2.63. The minimum Gasteiger partial charge on any atom is -0.415 e. The highest BCUT2D eigenvalue weighted by Gasteiger charge is 2.64. The van der Waals surface area contributed by atoms with E-state index in [1.165, 1.54) is 44.2 Å². The zero-order valence-corrected chi connectivity index (χ0v) is 25.9. The van der Waals surface area contributed by atoms with Gasteiger partial charge in [0.1, 0.15) is 7.11 Å². The van der Waals surface area contributed by atoms with Crippen LogP contribution in [0.2, 0.25) is 39.3 Å². The molecule has 0 aliphatic heterocycles. The third kappa shape index (κ3) is 4.99. The summed E-state index contributed by atoms with van der Waals surface area (Å²) in [5.74, 6) is 3.69. The maximum absolute atomic E-state index is 7.19. The van der Waals surface area contributed by atoms with Crippen LogP contribution in [-0.4, -0.2) is 41.7 Å². The third-order valence-electron chi connectivity index (χ3n) is 10.3. The first kappa shape index (κ1) is 26.9. The average Bonchev–Trinajstić information content (AvgIpc) is 3.02. The molecule has 0 aromatic rings. The molecule has 0 aromatic carbocycles. The van der Waals surface area contributed by atoms with E-state index in [0.717, 1.165) is 30.6 Å². The molecule has 6 heteroatoms. The van der Waals surface area contributed by atoms with Crippen molar-refractivity contribution in [2.75, 3.05) is 7.11 Å². The van der Waals surface area contributed by atoms with Gasteiger partial charge in [0.05, 0.1) is 5.71 Å². The molecule has 0 N–H and O–H groups in total. The van der Waals surface area contributed by atoms with Crippen LogP contribution in [0.15, 0.2) is 5.16 Å². The average molecular weight is 508 g/mol. The topological polar surface area (TPSA) is 40.0 Å². The van der Waals surface area contributed by atoms with Gasteiger partial charge in [0.25, 0.3) is 0 Å². The lowest BCUT2D eigenvalue weighted by Crippen LogP contribution is -2.61. The first-order chi connectivity index (χ1) is 15.7. The van der Waals surface area contributed by atoms with Crippen LogP contribution in [0.25, 0.3) is 0 Å².